The van der Waals surface area contributed by atoms with Gasteiger partial charge in [0.25, 0.3) is 0 Å². The molecule has 0 aromatic rings. The molecule has 0 radical (unpaired) electrons. The van der Waals surface area contributed by atoms with Crippen LogP contribution < -0.4 is 0 Å². The van der Waals surface area contributed by atoms with Crippen molar-refractivity contribution in [3.05, 3.63) is 0 Å². The van der Waals surface area contributed by atoms with Gasteiger partial charge in [-0.2, -0.15) is 0 Å². The second kappa shape index (κ2) is 4.27. The van der Waals surface area contributed by atoms with Gasteiger partial charge in [0, 0.05) is 17.7 Å². The number of alkyl halides is 1. The van der Waals surface area contributed by atoms with Crippen LogP contribution >= 0.6 is 11.6 Å². The Morgan fingerprint density at radius 3 is 2.75 bits per heavy atom. The van der Waals surface area contributed by atoms with Crippen molar-refractivity contribution in [1.29, 1.82) is 0 Å². The minimum absolute atomic E-state index is 0.146. The highest BCUT2D eigenvalue weighted by Crippen LogP contribution is 2.29. The molecule has 3 atom stereocenters. The van der Waals surface area contributed by atoms with Crippen molar-refractivity contribution in [2.45, 2.75) is 44.9 Å². The lowest BCUT2D eigenvalue weighted by atomic mass is 9.80. The molecule has 0 saturated heterocycles. The SMILES string of the molecule is CC(Cl)CC1CCC(C)CC1=O. The van der Waals surface area contributed by atoms with Crippen LogP contribution in [0.15, 0.2) is 0 Å². The zero-order valence-corrected chi connectivity index (χ0v) is 8.60. The predicted molar refractivity (Wildman–Crippen MR) is 51.4 cm³/mol. The molecule has 0 heterocycles. The smallest absolute Gasteiger partial charge is 0.136 e. The number of halogens is 1. The van der Waals surface area contributed by atoms with E-state index in [1.165, 1.54) is 6.42 Å². The molecule has 1 fully saturated rings. The average Bonchev–Trinajstić information content (AvgIpc) is 1.94. The lowest BCUT2D eigenvalue weighted by molar-refractivity contribution is -0.126. The van der Waals surface area contributed by atoms with Crippen LogP contribution in [0.25, 0.3) is 0 Å². The second-order valence-electron chi connectivity index (χ2n) is 4.07. The van der Waals surface area contributed by atoms with E-state index in [0.717, 1.165) is 19.3 Å². The average molecular weight is 189 g/mol. The van der Waals surface area contributed by atoms with Crippen molar-refractivity contribution in [3.8, 4) is 0 Å². The maximum Gasteiger partial charge on any atom is 0.136 e. The van der Waals surface area contributed by atoms with Gasteiger partial charge < -0.3 is 0 Å². The van der Waals surface area contributed by atoms with Crippen molar-refractivity contribution >= 4 is 17.4 Å². The quantitative estimate of drug-likeness (QED) is 0.609. The standard InChI is InChI=1S/C10H17ClO/c1-7-3-4-9(6-8(2)11)10(12)5-7/h7-9H,3-6H2,1-2H3. The first-order chi connectivity index (χ1) is 5.59. The number of carbonyl (C=O) groups is 1. The van der Waals surface area contributed by atoms with Gasteiger partial charge in [0.05, 0.1) is 0 Å². The Morgan fingerprint density at radius 1 is 1.58 bits per heavy atom. The van der Waals surface area contributed by atoms with E-state index in [0.29, 0.717) is 11.7 Å². The topological polar surface area (TPSA) is 17.1 Å². The Labute approximate surface area is 79.5 Å². The summed E-state index contributed by atoms with van der Waals surface area (Å²) in [4.78, 5) is 11.5. The third-order valence-electron chi connectivity index (χ3n) is 2.62. The van der Waals surface area contributed by atoms with Gasteiger partial charge in [-0.1, -0.05) is 6.92 Å². The molecule has 0 N–H and O–H groups in total. The molecule has 1 saturated carbocycles. The van der Waals surface area contributed by atoms with E-state index in [4.69, 9.17) is 11.6 Å². The fraction of sp³-hybridized carbons (Fsp3) is 0.900. The first-order valence-electron chi connectivity index (χ1n) is 4.76. The number of hydrogen-bond acceptors (Lipinski definition) is 1. The zero-order chi connectivity index (χ0) is 9.14. The highest BCUT2D eigenvalue weighted by molar-refractivity contribution is 6.20. The predicted octanol–water partition coefficient (Wildman–Crippen LogP) is 3.01. The van der Waals surface area contributed by atoms with Crippen molar-refractivity contribution in [3.63, 3.8) is 0 Å². The zero-order valence-electron chi connectivity index (χ0n) is 7.85. The molecular weight excluding hydrogens is 172 g/mol. The molecule has 0 amide bonds. The first kappa shape index (κ1) is 10.0. The normalized spacial score (nSPS) is 33.4. The van der Waals surface area contributed by atoms with E-state index >= 15 is 0 Å². The second-order valence-corrected chi connectivity index (χ2v) is 4.81. The van der Waals surface area contributed by atoms with E-state index in [9.17, 15) is 4.79 Å². The number of Topliss-reactive ketones (excluding diaryl/α,β-unsaturated/α-hetero) is 1. The lowest BCUT2D eigenvalue weighted by Crippen LogP contribution is -2.25. The maximum absolute atomic E-state index is 11.5. The summed E-state index contributed by atoms with van der Waals surface area (Å²) in [7, 11) is 0. The molecule has 1 nitrogen and oxygen atoms in total. The van der Waals surface area contributed by atoms with Crippen LogP contribution in [0.5, 0.6) is 0 Å². The summed E-state index contributed by atoms with van der Waals surface area (Å²) in [6.07, 6.45) is 3.89. The molecule has 1 aliphatic rings. The van der Waals surface area contributed by atoms with Crippen LogP contribution in [-0.4, -0.2) is 11.2 Å². The Balaban J connectivity index is 2.40. The minimum atomic E-state index is 0.146. The largest absolute Gasteiger partial charge is 0.299 e. The van der Waals surface area contributed by atoms with Gasteiger partial charge >= 0.3 is 0 Å². The lowest BCUT2D eigenvalue weighted by Gasteiger charge is -2.25. The maximum atomic E-state index is 11.5. The molecule has 3 unspecified atom stereocenters. The van der Waals surface area contributed by atoms with Gasteiger partial charge in [0.1, 0.15) is 5.78 Å². The Bertz CT molecular complexity index is 165. The Kier molecular flexibility index (Phi) is 3.57. The van der Waals surface area contributed by atoms with E-state index in [1.54, 1.807) is 0 Å². The molecule has 1 aliphatic carbocycles. The highest BCUT2D eigenvalue weighted by Gasteiger charge is 2.26. The molecule has 70 valence electrons. The number of ketones is 1. The fourth-order valence-corrected chi connectivity index (χ4v) is 2.12. The van der Waals surface area contributed by atoms with Crippen molar-refractivity contribution in [2.24, 2.45) is 11.8 Å². The summed E-state index contributed by atoms with van der Waals surface area (Å²) in [5.41, 5.74) is 0. The van der Waals surface area contributed by atoms with Gasteiger partial charge in [-0.25, -0.2) is 0 Å². The van der Waals surface area contributed by atoms with Crippen molar-refractivity contribution in [2.75, 3.05) is 0 Å². The van der Waals surface area contributed by atoms with Gasteiger partial charge in [-0.3, -0.25) is 4.79 Å². The summed E-state index contributed by atoms with van der Waals surface area (Å²) in [6, 6.07) is 0. The number of hydrogen-bond donors (Lipinski definition) is 0. The van der Waals surface area contributed by atoms with E-state index in [-0.39, 0.29) is 11.3 Å². The molecule has 0 spiro atoms. The van der Waals surface area contributed by atoms with Crippen molar-refractivity contribution in [1.82, 2.24) is 0 Å². The van der Waals surface area contributed by atoms with Gasteiger partial charge in [0.2, 0.25) is 0 Å². The summed E-state index contributed by atoms with van der Waals surface area (Å²) < 4.78 is 0. The fourth-order valence-electron chi connectivity index (χ4n) is 1.90. The highest BCUT2D eigenvalue weighted by atomic mass is 35.5. The summed E-state index contributed by atoms with van der Waals surface area (Å²) in [6.45, 7) is 4.12. The molecule has 12 heavy (non-hydrogen) atoms. The molecule has 0 aliphatic heterocycles. The van der Waals surface area contributed by atoms with Crippen LogP contribution in [0.1, 0.15) is 39.5 Å². The summed E-state index contributed by atoms with van der Waals surface area (Å²) in [5, 5.41) is 0.146. The summed E-state index contributed by atoms with van der Waals surface area (Å²) in [5.74, 6) is 1.29. The van der Waals surface area contributed by atoms with Crippen LogP contribution in [0.4, 0.5) is 0 Å². The molecule has 1 rings (SSSR count). The van der Waals surface area contributed by atoms with Crippen LogP contribution in [0, 0.1) is 11.8 Å². The molecule has 0 aromatic carbocycles. The van der Waals surface area contributed by atoms with E-state index < -0.39 is 0 Å². The van der Waals surface area contributed by atoms with E-state index in [1.807, 2.05) is 6.92 Å². The number of rotatable bonds is 2. The van der Waals surface area contributed by atoms with Gasteiger partial charge in [-0.05, 0) is 32.1 Å². The minimum Gasteiger partial charge on any atom is -0.299 e. The third kappa shape index (κ3) is 2.78. The summed E-state index contributed by atoms with van der Waals surface area (Å²) >= 11 is 5.86. The van der Waals surface area contributed by atoms with Crippen LogP contribution in [0.3, 0.4) is 0 Å². The van der Waals surface area contributed by atoms with E-state index in [2.05, 4.69) is 6.92 Å². The van der Waals surface area contributed by atoms with Crippen LogP contribution in [0.2, 0.25) is 0 Å². The monoisotopic (exact) mass is 188 g/mol. The number of carbonyl (C=O) groups excluding carboxylic acids is 1. The van der Waals surface area contributed by atoms with Crippen molar-refractivity contribution < 1.29 is 4.79 Å². The van der Waals surface area contributed by atoms with Gasteiger partial charge in [0.15, 0.2) is 0 Å². The first-order valence-corrected chi connectivity index (χ1v) is 5.20. The van der Waals surface area contributed by atoms with Crippen LogP contribution in [-0.2, 0) is 4.79 Å². The Hall–Kier alpha value is -0.0400. The third-order valence-corrected chi connectivity index (χ3v) is 2.80. The molecule has 0 bridgehead atoms. The molecular formula is C10H17ClO. The Morgan fingerprint density at radius 2 is 2.25 bits per heavy atom. The molecule has 2 heteroatoms. The molecule has 0 aromatic heterocycles. The van der Waals surface area contributed by atoms with Gasteiger partial charge in [-0.15, -0.1) is 11.6 Å².